The van der Waals surface area contributed by atoms with Crippen LogP contribution in [0.2, 0.25) is 0 Å². The van der Waals surface area contributed by atoms with Crippen LogP contribution in [-0.2, 0) is 9.36 Å². The molecule has 0 aromatic rings. The van der Waals surface area contributed by atoms with Gasteiger partial charge in [0.15, 0.2) is 0 Å². The Hall–Kier alpha value is 0.260. The van der Waals surface area contributed by atoms with Crippen LogP contribution in [0.25, 0.3) is 0 Å². The van der Waals surface area contributed by atoms with Crippen LogP contribution < -0.4 is 5.09 Å². The SMILES string of the molecule is CCSP(=O)(NC(=O)C(F)F)SCC. The summed E-state index contributed by atoms with van der Waals surface area (Å²) >= 11 is 2.00. The monoisotopic (exact) mass is 263 g/mol. The van der Waals surface area contributed by atoms with Gasteiger partial charge in [0, 0.05) is 0 Å². The maximum atomic E-state index is 11.9. The molecule has 84 valence electrons. The second kappa shape index (κ2) is 6.69. The fourth-order valence-corrected chi connectivity index (χ4v) is 7.63. The highest BCUT2D eigenvalue weighted by Gasteiger charge is 2.28. The summed E-state index contributed by atoms with van der Waals surface area (Å²) in [5.74, 6) is -0.447. The molecule has 1 N–H and O–H groups in total. The third kappa shape index (κ3) is 5.22. The van der Waals surface area contributed by atoms with Crippen molar-refractivity contribution in [2.45, 2.75) is 20.3 Å². The number of carbonyl (C=O) groups excluding carboxylic acids is 1. The molecule has 0 saturated heterocycles. The number of hydrogen-bond acceptors (Lipinski definition) is 4. The van der Waals surface area contributed by atoms with E-state index in [4.69, 9.17) is 0 Å². The molecule has 0 rings (SSSR count). The van der Waals surface area contributed by atoms with Crippen molar-refractivity contribution in [1.82, 2.24) is 5.09 Å². The Kier molecular flexibility index (Phi) is 6.81. The van der Waals surface area contributed by atoms with Gasteiger partial charge in [0.05, 0.1) is 0 Å². The van der Waals surface area contributed by atoms with E-state index in [9.17, 15) is 18.1 Å². The first-order chi connectivity index (χ1) is 6.45. The Bertz CT molecular complexity index is 230. The molecule has 1 amide bonds. The minimum absolute atomic E-state index is 0.508. The summed E-state index contributed by atoms with van der Waals surface area (Å²) in [4.78, 5) is 10.6. The molecule has 0 aliphatic carbocycles. The van der Waals surface area contributed by atoms with E-state index in [2.05, 4.69) is 0 Å². The molecule has 0 unspecified atom stereocenters. The highest BCUT2D eigenvalue weighted by Crippen LogP contribution is 2.65. The Labute approximate surface area is 89.7 Å². The molecule has 8 heteroatoms. The van der Waals surface area contributed by atoms with Gasteiger partial charge in [-0.05, 0) is 11.5 Å². The molecule has 0 saturated carbocycles. The lowest BCUT2D eigenvalue weighted by atomic mass is 10.7. The van der Waals surface area contributed by atoms with Crippen molar-refractivity contribution >= 4 is 34.4 Å². The van der Waals surface area contributed by atoms with Gasteiger partial charge in [0.2, 0.25) is 0 Å². The largest absolute Gasteiger partial charge is 0.315 e. The van der Waals surface area contributed by atoms with Gasteiger partial charge in [-0.25, -0.2) is 0 Å². The lowest BCUT2D eigenvalue weighted by Crippen LogP contribution is -2.25. The molecule has 0 aliphatic rings. The fourth-order valence-electron chi connectivity index (χ4n) is 0.625. The third-order valence-corrected chi connectivity index (χ3v) is 8.77. The van der Waals surface area contributed by atoms with Crippen molar-refractivity contribution < 1.29 is 18.1 Å². The summed E-state index contributed by atoms with van der Waals surface area (Å²) in [7, 11) is 0. The first-order valence-corrected chi connectivity index (χ1v) is 8.83. The van der Waals surface area contributed by atoms with E-state index in [1.165, 1.54) is 0 Å². The summed E-state index contributed by atoms with van der Waals surface area (Å²) in [5, 5.41) is 1.89. The lowest BCUT2D eigenvalue weighted by Gasteiger charge is -2.15. The predicted octanol–water partition coefficient (Wildman–Crippen LogP) is 2.98. The van der Waals surface area contributed by atoms with E-state index in [1.807, 2.05) is 5.09 Å². The van der Waals surface area contributed by atoms with Crippen LogP contribution in [0.1, 0.15) is 13.8 Å². The minimum Gasteiger partial charge on any atom is -0.286 e. The van der Waals surface area contributed by atoms with Crippen LogP contribution in [0, 0.1) is 0 Å². The Morgan fingerprint density at radius 2 is 1.79 bits per heavy atom. The maximum absolute atomic E-state index is 11.9. The number of amides is 1. The summed E-state index contributed by atoms with van der Waals surface area (Å²) in [6.45, 7) is 3.50. The topological polar surface area (TPSA) is 46.2 Å². The van der Waals surface area contributed by atoms with Crippen LogP contribution in [0.15, 0.2) is 0 Å². The molecule has 0 heterocycles. The number of rotatable bonds is 6. The molecule has 0 aromatic carbocycles. The summed E-state index contributed by atoms with van der Waals surface area (Å²) < 4.78 is 35.6. The Balaban J connectivity index is 4.36. The van der Waals surface area contributed by atoms with Gasteiger partial charge in [-0.15, -0.1) is 0 Å². The van der Waals surface area contributed by atoms with Gasteiger partial charge in [0.25, 0.3) is 11.6 Å². The second-order valence-electron chi connectivity index (χ2n) is 2.11. The third-order valence-electron chi connectivity index (χ3n) is 1.04. The average Bonchev–Trinajstić information content (AvgIpc) is 2.04. The molecule has 0 spiro atoms. The van der Waals surface area contributed by atoms with Crippen molar-refractivity contribution in [3.63, 3.8) is 0 Å². The molecule has 14 heavy (non-hydrogen) atoms. The van der Waals surface area contributed by atoms with Crippen LogP contribution in [0.3, 0.4) is 0 Å². The zero-order valence-electron chi connectivity index (χ0n) is 7.83. The summed E-state index contributed by atoms with van der Waals surface area (Å²) in [5.41, 5.74) is -3.08. The second-order valence-corrected chi connectivity index (χ2v) is 10.3. The van der Waals surface area contributed by atoms with E-state index < -0.39 is 18.0 Å². The Morgan fingerprint density at radius 3 is 2.07 bits per heavy atom. The normalized spacial score (nSPS) is 11.8. The number of nitrogens with one attached hydrogen (secondary N) is 1. The smallest absolute Gasteiger partial charge is 0.286 e. The first kappa shape index (κ1) is 14.3. The van der Waals surface area contributed by atoms with Gasteiger partial charge in [-0.1, -0.05) is 36.6 Å². The van der Waals surface area contributed by atoms with Crippen LogP contribution in [0.5, 0.6) is 0 Å². The quantitative estimate of drug-likeness (QED) is 0.748. The van der Waals surface area contributed by atoms with Crippen LogP contribution in [-0.4, -0.2) is 23.8 Å². The standard InChI is InChI=1S/C6H12F2NO2PS2/c1-3-13-12(11,14-4-2)9-6(10)5(7)8/h5H,3-4H2,1-2H3,(H,9,10,11). The number of hydrogen-bond donors (Lipinski definition) is 1. The Morgan fingerprint density at radius 1 is 1.36 bits per heavy atom. The highest BCUT2D eigenvalue weighted by atomic mass is 33.1. The summed E-state index contributed by atoms with van der Waals surface area (Å²) in [6, 6.07) is 0. The van der Waals surface area contributed by atoms with Gasteiger partial charge in [-0.3, -0.25) is 14.4 Å². The molecule has 0 atom stereocenters. The van der Waals surface area contributed by atoms with E-state index in [1.54, 1.807) is 13.8 Å². The molecule has 0 radical (unpaired) electrons. The molecule has 0 aromatic heterocycles. The van der Waals surface area contributed by atoms with Crippen LogP contribution >= 0.6 is 28.5 Å². The maximum Gasteiger partial charge on any atom is 0.315 e. The van der Waals surface area contributed by atoms with Crippen molar-refractivity contribution in [3.8, 4) is 0 Å². The number of alkyl halides is 2. The average molecular weight is 263 g/mol. The molecular formula is C6H12F2NO2PS2. The van der Waals surface area contributed by atoms with E-state index >= 15 is 0 Å². The van der Waals surface area contributed by atoms with Gasteiger partial charge in [0.1, 0.15) is 0 Å². The van der Waals surface area contributed by atoms with Crippen molar-refractivity contribution in [3.05, 3.63) is 0 Å². The zero-order valence-corrected chi connectivity index (χ0v) is 10.4. The van der Waals surface area contributed by atoms with E-state index in [0.717, 1.165) is 22.8 Å². The molecule has 3 nitrogen and oxygen atoms in total. The first-order valence-electron chi connectivity index (χ1n) is 3.94. The number of halogens is 2. The molecular weight excluding hydrogens is 251 g/mol. The van der Waals surface area contributed by atoms with Gasteiger partial charge < -0.3 is 0 Å². The van der Waals surface area contributed by atoms with Gasteiger partial charge >= 0.3 is 6.43 Å². The van der Waals surface area contributed by atoms with Crippen molar-refractivity contribution in [2.24, 2.45) is 0 Å². The zero-order chi connectivity index (χ0) is 11.2. The highest BCUT2D eigenvalue weighted by molar-refractivity contribution is 8.90. The van der Waals surface area contributed by atoms with E-state index in [-0.39, 0.29) is 0 Å². The van der Waals surface area contributed by atoms with Crippen molar-refractivity contribution in [1.29, 1.82) is 0 Å². The van der Waals surface area contributed by atoms with Crippen LogP contribution in [0.4, 0.5) is 8.78 Å². The van der Waals surface area contributed by atoms with Crippen molar-refractivity contribution in [2.75, 3.05) is 11.5 Å². The minimum atomic E-state index is -3.11. The number of carbonyl (C=O) groups is 1. The molecule has 0 fully saturated rings. The predicted molar refractivity (Wildman–Crippen MR) is 58.0 cm³/mol. The summed E-state index contributed by atoms with van der Waals surface area (Å²) in [6.07, 6.45) is -3.11. The van der Waals surface area contributed by atoms with Gasteiger partial charge in [-0.2, -0.15) is 8.78 Å². The lowest BCUT2D eigenvalue weighted by molar-refractivity contribution is -0.129. The molecule has 0 bridgehead atoms. The fraction of sp³-hybridized carbons (Fsp3) is 0.833. The van der Waals surface area contributed by atoms with E-state index in [0.29, 0.717) is 11.5 Å². The molecule has 0 aliphatic heterocycles.